The largest absolute Gasteiger partial charge is 0.369 e. The lowest BCUT2D eigenvalue weighted by Crippen LogP contribution is -2.22. The molecule has 0 bridgehead atoms. The molecule has 8 heteroatoms. The molecule has 0 atom stereocenters. The average Bonchev–Trinajstić information content (AvgIpc) is 2.96. The molecule has 26 heavy (non-hydrogen) atoms. The van der Waals surface area contributed by atoms with Crippen molar-refractivity contribution >= 4 is 5.91 Å². The fraction of sp³-hybridized carbons (Fsp3) is 0.278. The molecule has 0 aliphatic carbocycles. The van der Waals surface area contributed by atoms with Crippen LogP contribution in [-0.2, 0) is 24.2 Å². The van der Waals surface area contributed by atoms with Gasteiger partial charge in [-0.25, -0.2) is 9.97 Å². The number of rotatable bonds is 6. The normalized spacial score (nSPS) is 10.8. The second kappa shape index (κ2) is 7.30. The Balaban J connectivity index is 1.95. The summed E-state index contributed by atoms with van der Waals surface area (Å²) < 4.78 is 3.28. The lowest BCUT2D eigenvalue weighted by Gasteiger charge is -2.09. The molecule has 3 heterocycles. The van der Waals surface area contributed by atoms with Gasteiger partial charge >= 0.3 is 0 Å². The van der Waals surface area contributed by atoms with Crippen molar-refractivity contribution in [2.45, 2.75) is 33.2 Å². The van der Waals surface area contributed by atoms with Crippen LogP contribution in [0.5, 0.6) is 0 Å². The highest BCUT2D eigenvalue weighted by molar-refractivity contribution is 5.75. The molecule has 0 unspecified atom stereocenters. The summed E-state index contributed by atoms with van der Waals surface area (Å²) in [6.45, 7) is 4.22. The van der Waals surface area contributed by atoms with Gasteiger partial charge in [0.1, 0.15) is 5.82 Å². The lowest BCUT2D eigenvalue weighted by atomic mass is 10.3. The number of amides is 1. The van der Waals surface area contributed by atoms with Crippen LogP contribution >= 0.6 is 0 Å². The Morgan fingerprint density at radius 2 is 1.88 bits per heavy atom. The molecule has 0 spiro atoms. The first-order chi connectivity index (χ1) is 12.4. The highest BCUT2D eigenvalue weighted by Gasteiger charge is 2.15. The summed E-state index contributed by atoms with van der Waals surface area (Å²) in [6, 6.07) is 10.7. The quantitative estimate of drug-likeness (QED) is 0.703. The van der Waals surface area contributed by atoms with E-state index in [1.54, 1.807) is 15.3 Å². The summed E-state index contributed by atoms with van der Waals surface area (Å²) in [5.41, 5.74) is 6.91. The summed E-state index contributed by atoms with van der Waals surface area (Å²) in [6.07, 6.45) is 0.419. The highest BCUT2D eigenvalue weighted by Crippen LogP contribution is 2.11. The first kappa shape index (κ1) is 17.5. The van der Waals surface area contributed by atoms with Crippen molar-refractivity contribution in [3.05, 3.63) is 69.8 Å². The molecule has 0 aromatic carbocycles. The van der Waals surface area contributed by atoms with Crippen LogP contribution in [0.2, 0.25) is 0 Å². The minimum absolute atomic E-state index is 0.0455. The summed E-state index contributed by atoms with van der Waals surface area (Å²) in [5.74, 6) is 1.07. The highest BCUT2D eigenvalue weighted by atomic mass is 16.1. The zero-order valence-electron chi connectivity index (χ0n) is 14.7. The van der Waals surface area contributed by atoms with Crippen molar-refractivity contribution in [1.82, 2.24) is 24.3 Å². The number of hydrogen-bond acceptors (Lipinski definition) is 5. The average molecular weight is 352 g/mol. The van der Waals surface area contributed by atoms with Crippen molar-refractivity contribution in [1.29, 1.82) is 0 Å². The van der Waals surface area contributed by atoms with Crippen molar-refractivity contribution < 1.29 is 4.79 Å². The SMILES string of the molecule is Cc1cccc(-n2nc(CC(N)=O)nc2CCn2c(C)cccc2=O)n1. The van der Waals surface area contributed by atoms with Crippen LogP contribution < -0.4 is 11.3 Å². The molecule has 134 valence electrons. The second-order valence-electron chi connectivity index (χ2n) is 6.04. The molecule has 0 saturated heterocycles. The third-order valence-electron chi connectivity index (χ3n) is 3.97. The number of pyridine rings is 2. The first-order valence-corrected chi connectivity index (χ1v) is 8.27. The van der Waals surface area contributed by atoms with Crippen molar-refractivity contribution in [2.24, 2.45) is 5.73 Å². The van der Waals surface area contributed by atoms with Gasteiger partial charge in [0.05, 0.1) is 6.42 Å². The Kier molecular flexibility index (Phi) is 4.92. The summed E-state index contributed by atoms with van der Waals surface area (Å²) >= 11 is 0. The number of primary amides is 1. The molecular weight excluding hydrogens is 332 g/mol. The van der Waals surface area contributed by atoms with Gasteiger partial charge < -0.3 is 10.3 Å². The van der Waals surface area contributed by atoms with E-state index in [1.807, 2.05) is 38.1 Å². The number of carbonyl (C=O) groups excluding carboxylic acids is 1. The minimum Gasteiger partial charge on any atom is -0.369 e. The van der Waals surface area contributed by atoms with Gasteiger partial charge in [-0.1, -0.05) is 12.1 Å². The van der Waals surface area contributed by atoms with Crippen LogP contribution in [0.1, 0.15) is 23.0 Å². The molecular formula is C18H20N6O2. The Hall–Kier alpha value is -3.29. The molecule has 0 saturated carbocycles. The van der Waals surface area contributed by atoms with Crippen LogP contribution in [0.15, 0.2) is 41.2 Å². The monoisotopic (exact) mass is 352 g/mol. The number of nitrogens with two attached hydrogens (primary N) is 1. The van der Waals surface area contributed by atoms with Gasteiger partial charge in [0.2, 0.25) is 5.91 Å². The summed E-state index contributed by atoms with van der Waals surface area (Å²) in [5, 5.41) is 4.37. The minimum atomic E-state index is -0.499. The molecule has 0 aliphatic heterocycles. The van der Waals surface area contributed by atoms with Gasteiger partial charge in [-0.2, -0.15) is 4.68 Å². The van der Waals surface area contributed by atoms with Gasteiger partial charge in [0, 0.05) is 30.4 Å². The maximum absolute atomic E-state index is 12.1. The standard InChI is InChI=1S/C18H20N6O2/c1-12-5-3-7-16(20-12)24-17(21-15(22-24)11-14(19)25)9-10-23-13(2)6-4-8-18(23)26/h3-8H,9-11H2,1-2H3,(H2,19,25). The predicted molar refractivity (Wildman–Crippen MR) is 95.9 cm³/mol. The van der Waals surface area contributed by atoms with Crippen LogP contribution in [0.3, 0.4) is 0 Å². The van der Waals surface area contributed by atoms with E-state index in [2.05, 4.69) is 15.1 Å². The zero-order chi connectivity index (χ0) is 18.7. The van der Waals surface area contributed by atoms with Gasteiger partial charge in [-0.15, -0.1) is 5.10 Å². The summed E-state index contributed by atoms with van der Waals surface area (Å²) in [4.78, 5) is 32.2. The van der Waals surface area contributed by atoms with Crippen molar-refractivity contribution in [3.63, 3.8) is 0 Å². The Bertz CT molecular complexity index is 1000. The van der Waals surface area contributed by atoms with E-state index >= 15 is 0 Å². The number of aryl methyl sites for hydroxylation is 3. The van der Waals surface area contributed by atoms with E-state index in [1.165, 1.54) is 6.07 Å². The Morgan fingerprint density at radius 3 is 2.58 bits per heavy atom. The Morgan fingerprint density at radius 1 is 1.12 bits per heavy atom. The smallest absolute Gasteiger partial charge is 0.250 e. The van der Waals surface area contributed by atoms with E-state index in [4.69, 9.17) is 5.73 Å². The van der Waals surface area contributed by atoms with E-state index < -0.39 is 5.91 Å². The zero-order valence-corrected chi connectivity index (χ0v) is 14.7. The number of aromatic nitrogens is 5. The third kappa shape index (κ3) is 3.85. The maximum Gasteiger partial charge on any atom is 0.250 e. The fourth-order valence-corrected chi connectivity index (χ4v) is 2.74. The fourth-order valence-electron chi connectivity index (χ4n) is 2.74. The topological polar surface area (TPSA) is 109 Å². The second-order valence-corrected chi connectivity index (χ2v) is 6.04. The third-order valence-corrected chi connectivity index (χ3v) is 3.97. The van der Waals surface area contributed by atoms with Crippen LogP contribution in [0.25, 0.3) is 5.82 Å². The van der Waals surface area contributed by atoms with E-state index in [-0.39, 0.29) is 12.0 Å². The molecule has 1 amide bonds. The predicted octanol–water partition coefficient (Wildman–Crippen LogP) is 0.711. The van der Waals surface area contributed by atoms with Gasteiger partial charge in [-0.05, 0) is 32.0 Å². The molecule has 3 aromatic heterocycles. The van der Waals surface area contributed by atoms with Crippen LogP contribution in [-0.4, -0.2) is 30.2 Å². The van der Waals surface area contributed by atoms with Crippen molar-refractivity contribution in [3.8, 4) is 5.82 Å². The number of carbonyl (C=O) groups is 1. The molecule has 8 nitrogen and oxygen atoms in total. The van der Waals surface area contributed by atoms with Crippen LogP contribution in [0, 0.1) is 13.8 Å². The molecule has 2 N–H and O–H groups in total. The van der Waals surface area contributed by atoms with Gasteiger partial charge in [0.15, 0.2) is 11.6 Å². The number of hydrogen-bond donors (Lipinski definition) is 1. The van der Waals surface area contributed by atoms with Gasteiger partial charge in [-0.3, -0.25) is 9.59 Å². The molecule has 0 fully saturated rings. The van der Waals surface area contributed by atoms with E-state index in [9.17, 15) is 9.59 Å². The van der Waals surface area contributed by atoms with Crippen molar-refractivity contribution in [2.75, 3.05) is 0 Å². The Labute approximate surface area is 150 Å². The first-order valence-electron chi connectivity index (χ1n) is 8.27. The van der Waals surface area contributed by atoms with Gasteiger partial charge in [0.25, 0.3) is 5.56 Å². The van der Waals surface area contributed by atoms with E-state index in [0.717, 1.165) is 11.4 Å². The van der Waals surface area contributed by atoms with Crippen LogP contribution in [0.4, 0.5) is 0 Å². The molecule has 0 aliphatic rings. The maximum atomic E-state index is 12.1. The van der Waals surface area contributed by atoms with E-state index in [0.29, 0.717) is 30.4 Å². The lowest BCUT2D eigenvalue weighted by molar-refractivity contribution is -0.117. The summed E-state index contributed by atoms with van der Waals surface area (Å²) in [7, 11) is 0. The number of nitrogens with zero attached hydrogens (tertiary/aromatic N) is 5. The molecule has 3 aromatic rings. The molecule has 0 radical (unpaired) electrons. The molecule has 3 rings (SSSR count).